The third-order valence-corrected chi connectivity index (χ3v) is 4.67. The predicted octanol–water partition coefficient (Wildman–Crippen LogP) is 3.84. The summed E-state index contributed by atoms with van der Waals surface area (Å²) in [6.07, 6.45) is 2.13. The van der Waals surface area contributed by atoms with Crippen LogP contribution in [0.25, 0.3) is 0 Å². The molecule has 4 nitrogen and oxygen atoms in total. The summed E-state index contributed by atoms with van der Waals surface area (Å²) in [5.74, 6) is 0.820. The van der Waals surface area contributed by atoms with Crippen molar-refractivity contribution in [1.82, 2.24) is 0 Å². The van der Waals surface area contributed by atoms with Gasteiger partial charge in [-0.25, -0.2) is 0 Å². The first kappa shape index (κ1) is 17.5. The molecule has 2 atom stereocenters. The molecular weight excluding hydrogens is 312 g/mol. The van der Waals surface area contributed by atoms with Crippen LogP contribution < -0.4 is 15.4 Å². The van der Waals surface area contributed by atoms with E-state index in [1.807, 2.05) is 55.1 Å². The topological polar surface area (TPSA) is 55.6 Å². The molecule has 25 heavy (non-hydrogen) atoms. The van der Waals surface area contributed by atoms with Crippen LogP contribution in [-0.2, 0) is 11.2 Å². The van der Waals surface area contributed by atoms with Gasteiger partial charge in [-0.3, -0.25) is 4.79 Å². The van der Waals surface area contributed by atoms with Crippen molar-refractivity contribution in [2.45, 2.75) is 45.3 Å². The second-order valence-corrected chi connectivity index (χ2v) is 6.61. The van der Waals surface area contributed by atoms with Gasteiger partial charge in [-0.15, -0.1) is 0 Å². The molecule has 0 bridgehead atoms. The molecule has 0 aromatic heterocycles. The Kier molecular flexibility index (Phi) is 5.39. The lowest BCUT2D eigenvalue weighted by Crippen LogP contribution is -2.46. The lowest BCUT2D eigenvalue weighted by atomic mass is 10.0. The number of fused-ring (bicyclic) bond motifs is 1. The van der Waals surface area contributed by atoms with Gasteiger partial charge in [0.25, 0.3) is 5.91 Å². The average molecular weight is 338 g/mol. The Labute approximate surface area is 149 Å². The smallest absolute Gasteiger partial charge is 0.268 e. The van der Waals surface area contributed by atoms with E-state index in [9.17, 15) is 4.79 Å². The number of aryl methyl sites for hydroxylation is 1. The molecule has 1 amide bonds. The van der Waals surface area contributed by atoms with Gasteiger partial charge in [0.1, 0.15) is 5.75 Å². The fraction of sp³-hybridized carbons (Fsp3) is 0.381. The summed E-state index contributed by atoms with van der Waals surface area (Å²) < 4.78 is 5.89. The number of hydrogen-bond donors (Lipinski definition) is 1. The second-order valence-electron chi connectivity index (χ2n) is 6.61. The number of nitrogens with zero attached hydrogens (tertiary/aromatic N) is 1. The Hall–Kier alpha value is -2.33. The van der Waals surface area contributed by atoms with Gasteiger partial charge in [0.2, 0.25) is 0 Å². The standard InChI is InChI=1S/C21H26N2O2/c1-3-19-21(24)23(13-7-10-16-8-5-4-6-9-16)18-14-17(15(2)22)11-12-20(18)25-19/h4-6,8-9,11-12,14-15,19H,3,7,10,13,22H2,1-2H3. The van der Waals surface area contributed by atoms with Crippen LogP contribution in [0.3, 0.4) is 0 Å². The van der Waals surface area contributed by atoms with Crippen molar-refractivity contribution in [2.75, 3.05) is 11.4 Å². The van der Waals surface area contributed by atoms with Crippen LogP contribution >= 0.6 is 0 Å². The van der Waals surface area contributed by atoms with Crippen LogP contribution in [0.4, 0.5) is 5.69 Å². The minimum atomic E-state index is -0.398. The third-order valence-electron chi connectivity index (χ3n) is 4.67. The molecule has 2 aromatic carbocycles. The van der Waals surface area contributed by atoms with Gasteiger partial charge in [-0.1, -0.05) is 43.3 Å². The number of rotatable bonds is 6. The van der Waals surface area contributed by atoms with E-state index in [-0.39, 0.29) is 11.9 Å². The number of anilines is 1. The fourth-order valence-corrected chi connectivity index (χ4v) is 3.20. The molecule has 0 fully saturated rings. The van der Waals surface area contributed by atoms with Crippen LogP contribution in [0.15, 0.2) is 48.5 Å². The van der Waals surface area contributed by atoms with Crippen LogP contribution in [0.2, 0.25) is 0 Å². The Morgan fingerprint density at radius 1 is 1.20 bits per heavy atom. The van der Waals surface area contributed by atoms with E-state index in [0.29, 0.717) is 13.0 Å². The number of carbonyl (C=O) groups excluding carboxylic acids is 1. The van der Waals surface area contributed by atoms with Gasteiger partial charge in [0.05, 0.1) is 5.69 Å². The SMILES string of the molecule is CCC1Oc2ccc(C(C)N)cc2N(CCCc2ccccc2)C1=O. The van der Waals surface area contributed by atoms with E-state index < -0.39 is 6.10 Å². The summed E-state index contributed by atoms with van der Waals surface area (Å²) in [6.45, 7) is 4.61. The van der Waals surface area contributed by atoms with Crippen LogP contribution in [0.5, 0.6) is 5.75 Å². The normalized spacial score (nSPS) is 17.8. The Bertz CT molecular complexity index is 728. The Morgan fingerprint density at radius 2 is 1.96 bits per heavy atom. The van der Waals surface area contributed by atoms with E-state index in [0.717, 1.165) is 29.8 Å². The van der Waals surface area contributed by atoms with Crippen molar-refractivity contribution < 1.29 is 9.53 Å². The molecule has 2 unspecified atom stereocenters. The number of hydrogen-bond acceptors (Lipinski definition) is 3. The molecule has 132 valence electrons. The zero-order chi connectivity index (χ0) is 17.8. The molecule has 0 saturated carbocycles. The molecule has 3 rings (SSSR count). The first-order chi connectivity index (χ1) is 12.1. The highest BCUT2D eigenvalue weighted by atomic mass is 16.5. The van der Waals surface area contributed by atoms with Gasteiger partial charge < -0.3 is 15.4 Å². The molecule has 0 saturated heterocycles. The van der Waals surface area contributed by atoms with Crippen molar-refractivity contribution >= 4 is 11.6 Å². The molecule has 0 aliphatic carbocycles. The van der Waals surface area contributed by atoms with Gasteiger partial charge in [0.15, 0.2) is 6.10 Å². The quantitative estimate of drug-likeness (QED) is 0.870. The zero-order valence-corrected chi connectivity index (χ0v) is 14.9. The molecule has 2 N–H and O–H groups in total. The molecule has 0 radical (unpaired) electrons. The highest BCUT2D eigenvalue weighted by Crippen LogP contribution is 2.36. The first-order valence-electron chi connectivity index (χ1n) is 9.01. The highest BCUT2D eigenvalue weighted by molar-refractivity contribution is 6.00. The Morgan fingerprint density at radius 3 is 2.64 bits per heavy atom. The predicted molar refractivity (Wildman–Crippen MR) is 101 cm³/mol. The third kappa shape index (κ3) is 3.85. The first-order valence-corrected chi connectivity index (χ1v) is 9.01. The summed E-state index contributed by atoms with van der Waals surface area (Å²) in [5.41, 5.74) is 9.16. The fourth-order valence-electron chi connectivity index (χ4n) is 3.20. The monoisotopic (exact) mass is 338 g/mol. The molecule has 0 spiro atoms. The lowest BCUT2D eigenvalue weighted by Gasteiger charge is -2.34. The van der Waals surface area contributed by atoms with E-state index in [4.69, 9.17) is 10.5 Å². The molecule has 2 aromatic rings. The van der Waals surface area contributed by atoms with Crippen molar-refractivity contribution in [1.29, 1.82) is 0 Å². The van der Waals surface area contributed by atoms with E-state index in [1.165, 1.54) is 5.56 Å². The van der Waals surface area contributed by atoms with Crippen molar-refractivity contribution in [2.24, 2.45) is 5.73 Å². The molecular formula is C21H26N2O2. The summed E-state index contributed by atoms with van der Waals surface area (Å²) in [5, 5.41) is 0. The molecule has 1 heterocycles. The lowest BCUT2D eigenvalue weighted by molar-refractivity contribution is -0.126. The van der Waals surface area contributed by atoms with Gasteiger partial charge in [0, 0.05) is 12.6 Å². The maximum Gasteiger partial charge on any atom is 0.268 e. The van der Waals surface area contributed by atoms with Gasteiger partial charge in [-0.2, -0.15) is 0 Å². The maximum atomic E-state index is 12.8. The molecule has 1 aliphatic heterocycles. The molecule has 1 aliphatic rings. The summed E-state index contributed by atoms with van der Waals surface area (Å²) in [4.78, 5) is 14.7. The minimum Gasteiger partial charge on any atom is -0.478 e. The van der Waals surface area contributed by atoms with Gasteiger partial charge in [-0.05, 0) is 49.4 Å². The van der Waals surface area contributed by atoms with Crippen molar-refractivity contribution in [3.8, 4) is 5.75 Å². The van der Waals surface area contributed by atoms with Gasteiger partial charge >= 0.3 is 0 Å². The summed E-state index contributed by atoms with van der Waals surface area (Å²) in [7, 11) is 0. The van der Waals surface area contributed by atoms with Crippen LogP contribution in [-0.4, -0.2) is 18.6 Å². The van der Waals surface area contributed by atoms with E-state index >= 15 is 0 Å². The average Bonchev–Trinajstić information content (AvgIpc) is 2.63. The van der Waals surface area contributed by atoms with Crippen LogP contribution in [0.1, 0.15) is 43.9 Å². The largest absolute Gasteiger partial charge is 0.478 e. The number of benzene rings is 2. The highest BCUT2D eigenvalue weighted by Gasteiger charge is 2.33. The second kappa shape index (κ2) is 7.70. The maximum absolute atomic E-state index is 12.8. The number of carbonyl (C=O) groups is 1. The van der Waals surface area contributed by atoms with E-state index in [2.05, 4.69) is 12.1 Å². The molecule has 4 heteroatoms. The number of nitrogens with two attached hydrogens (primary N) is 1. The van der Waals surface area contributed by atoms with Crippen LogP contribution in [0, 0.1) is 0 Å². The summed E-state index contributed by atoms with van der Waals surface area (Å²) >= 11 is 0. The minimum absolute atomic E-state index is 0.0462. The Balaban J connectivity index is 1.80. The number of amides is 1. The zero-order valence-electron chi connectivity index (χ0n) is 14.9. The van der Waals surface area contributed by atoms with E-state index in [1.54, 1.807) is 0 Å². The van der Waals surface area contributed by atoms with Crippen molar-refractivity contribution in [3.63, 3.8) is 0 Å². The number of ether oxygens (including phenoxy) is 1. The van der Waals surface area contributed by atoms with Crippen molar-refractivity contribution in [3.05, 3.63) is 59.7 Å². The summed E-state index contributed by atoms with van der Waals surface area (Å²) in [6, 6.07) is 16.2.